The molecule has 0 N–H and O–H groups in total. The van der Waals surface area contributed by atoms with Crippen molar-refractivity contribution in [3.8, 4) is 17.6 Å². The summed E-state index contributed by atoms with van der Waals surface area (Å²) in [7, 11) is 0. The van der Waals surface area contributed by atoms with Gasteiger partial charge < -0.3 is 9.47 Å². The molecule has 2 aromatic rings. The number of alkyl halides is 5. The average molecular weight is 520 g/mol. The van der Waals surface area contributed by atoms with Crippen LogP contribution in [0.15, 0.2) is 18.2 Å². The van der Waals surface area contributed by atoms with Gasteiger partial charge in [0.15, 0.2) is 11.9 Å². The van der Waals surface area contributed by atoms with Gasteiger partial charge in [0.1, 0.15) is 17.4 Å². The first-order chi connectivity index (χ1) is 16.8. The molecule has 2 atom stereocenters. The molecule has 36 heavy (non-hydrogen) atoms. The number of rotatable bonds is 4. The van der Waals surface area contributed by atoms with Crippen LogP contribution in [0.2, 0.25) is 0 Å². The van der Waals surface area contributed by atoms with E-state index in [0.29, 0.717) is 30.4 Å². The Labute approximate surface area is 202 Å². The summed E-state index contributed by atoms with van der Waals surface area (Å²) in [4.78, 5) is 0. The Morgan fingerprint density at radius 3 is 2.14 bits per heavy atom. The Kier molecular flexibility index (Phi) is 7.42. The van der Waals surface area contributed by atoms with Gasteiger partial charge in [-0.05, 0) is 61.0 Å². The highest BCUT2D eigenvalue weighted by molar-refractivity contribution is 5.87. The van der Waals surface area contributed by atoms with Crippen LogP contribution in [0.4, 0.5) is 35.1 Å². The second-order valence-electron chi connectivity index (χ2n) is 9.64. The van der Waals surface area contributed by atoms with Crippen molar-refractivity contribution in [1.29, 1.82) is 0 Å². The average Bonchev–Trinajstić information content (AvgIpc) is 2.78. The largest absolute Gasteiger partial charge is 0.458 e. The van der Waals surface area contributed by atoms with Crippen LogP contribution in [0.1, 0.15) is 51.0 Å². The van der Waals surface area contributed by atoms with E-state index in [0.717, 1.165) is 37.7 Å². The van der Waals surface area contributed by atoms with Crippen LogP contribution in [0, 0.1) is 47.0 Å². The van der Waals surface area contributed by atoms with Crippen molar-refractivity contribution < 1.29 is 44.6 Å². The molecular formula is C26H24F8O2. The van der Waals surface area contributed by atoms with Crippen LogP contribution < -0.4 is 4.74 Å². The number of benzene rings is 2. The van der Waals surface area contributed by atoms with Crippen molar-refractivity contribution in [1.82, 2.24) is 0 Å². The molecule has 2 aliphatic rings. The summed E-state index contributed by atoms with van der Waals surface area (Å²) < 4.78 is 120. The van der Waals surface area contributed by atoms with E-state index in [4.69, 9.17) is 9.47 Å². The van der Waals surface area contributed by atoms with Gasteiger partial charge >= 0.3 is 12.3 Å². The minimum Gasteiger partial charge on any atom is -0.431 e. The molecule has 0 radical (unpaired) electrons. The van der Waals surface area contributed by atoms with Gasteiger partial charge in [0.2, 0.25) is 0 Å². The normalized spacial score (nSPS) is 25.4. The summed E-state index contributed by atoms with van der Waals surface area (Å²) in [5.41, 5.74) is -1.28. The minimum absolute atomic E-state index is 0.0320. The van der Waals surface area contributed by atoms with E-state index in [1.807, 2.05) is 0 Å². The Morgan fingerprint density at radius 1 is 0.861 bits per heavy atom. The van der Waals surface area contributed by atoms with Crippen molar-refractivity contribution >= 4 is 10.8 Å². The van der Waals surface area contributed by atoms with Crippen LogP contribution >= 0.6 is 0 Å². The molecular weight excluding hydrogens is 496 g/mol. The summed E-state index contributed by atoms with van der Waals surface area (Å²) in [6.07, 6.45) is -5.59. The lowest BCUT2D eigenvalue weighted by Gasteiger charge is -2.38. The summed E-state index contributed by atoms with van der Waals surface area (Å²) in [6, 6.07) is 1.76. The van der Waals surface area contributed by atoms with E-state index in [2.05, 4.69) is 6.92 Å². The first kappa shape index (κ1) is 26.5. The van der Waals surface area contributed by atoms with Gasteiger partial charge in [0, 0.05) is 12.0 Å². The molecule has 0 bridgehead atoms. The fourth-order valence-corrected chi connectivity index (χ4v) is 5.08. The van der Waals surface area contributed by atoms with Gasteiger partial charge in [-0.15, -0.1) is 0 Å². The summed E-state index contributed by atoms with van der Waals surface area (Å²) in [5.74, 6) is -1.98. The highest BCUT2D eigenvalue weighted by Gasteiger charge is 2.46. The lowest BCUT2D eigenvalue weighted by atomic mass is 9.74. The topological polar surface area (TPSA) is 18.5 Å². The van der Waals surface area contributed by atoms with Crippen LogP contribution in [-0.2, 0) is 4.74 Å². The van der Waals surface area contributed by atoms with Crippen LogP contribution in [0.3, 0.4) is 0 Å². The predicted octanol–water partition coefficient (Wildman–Crippen LogP) is 7.76. The van der Waals surface area contributed by atoms with Gasteiger partial charge in [0.25, 0.3) is 0 Å². The zero-order chi connectivity index (χ0) is 26.3. The second-order valence-corrected chi connectivity index (χ2v) is 9.64. The molecule has 1 saturated carbocycles. The molecule has 0 amide bonds. The van der Waals surface area contributed by atoms with Crippen molar-refractivity contribution in [2.75, 3.05) is 6.61 Å². The number of hydrogen-bond acceptors (Lipinski definition) is 2. The smallest absolute Gasteiger partial charge is 0.431 e. The maximum atomic E-state index is 14.8. The van der Waals surface area contributed by atoms with E-state index in [1.54, 1.807) is 0 Å². The van der Waals surface area contributed by atoms with Crippen molar-refractivity contribution in [3.05, 3.63) is 41.2 Å². The molecule has 2 aromatic carbocycles. The third-order valence-corrected chi connectivity index (χ3v) is 7.05. The molecule has 196 valence electrons. The van der Waals surface area contributed by atoms with Crippen molar-refractivity contribution in [2.24, 2.45) is 17.8 Å². The van der Waals surface area contributed by atoms with E-state index in [9.17, 15) is 35.1 Å². The number of ether oxygens (including phenoxy) is 2. The van der Waals surface area contributed by atoms with Gasteiger partial charge in [-0.1, -0.05) is 25.7 Å². The fraction of sp³-hybridized carbons (Fsp3) is 0.538. The molecule has 1 heterocycles. The molecule has 1 saturated heterocycles. The molecule has 1 aliphatic carbocycles. The van der Waals surface area contributed by atoms with Gasteiger partial charge in [-0.2, -0.15) is 22.0 Å². The lowest BCUT2D eigenvalue weighted by molar-refractivity contribution is -0.266. The number of fused-ring (bicyclic) bond motifs is 1. The maximum Gasteiger partial charge on any atom is 0.458 e. The van der Waals surface area contributed by atoms with E-state index >= 15 is 0 Å². The monoisotopic (exact) mass is 520 g/mol. The first-order valence-electron chi connectivity index (χ1n) is 11.7. The minimum atomic E-state index is -5.02. The Bertz CT molecular complexity index is 1160. The SMILES string of the molecule is CC1CCC(C2CCC(C(F)(F)Oc3cc(F)c4c(F)c(C#CC(F)(F)F)c(F)cc4c3)OC2)CC1. The highest BCUT2D eigenvalue weighted by atomic mass is 19.4. The molecule has 1 aliphatic heterocycles. The maximum absolute atomic E-state index is 14.8. The van der Waals surface area contributed by atoms with Crippen LogP contribution in [0.5, 0.6) is 5.75 Å². The third-order valence-electron chi connectivity index (χ3n) is 7.05. The Hall–Kier alpha value is -2.54. The zero-order valence-corrected chi connectivity index (χ0v) is 19.3. The summed E-state index contributed by atoms with van der Waals surface area (Å²) in [5, 5.41) is -1.40. The van der Waals surface area contributed by atoms with E-state index in [1.165, 1.54) is 5.92 Å². The summed E-state index contributed by atoms with van der Waals surface area (Å²) >= 11 is 0. The Morgan fingerprint density at radius 2 is 1.53 bits per heavy atom. The molecule has 10 heteroatoms. The molecule has 0 spiro atoms. The molecule has 2 fully saturated rings. The molecule has 2 unspecified atom stereocenters. The standard InChI is InChI=1S/C26H24F8O2/c1-14-2-4-15(5-3-14)16-6-7-22(35-13-16)26(33,34)36-18-10-17-11-20(27)19(8-9-25(30,31)32)24(29)23(17)21(28)12-18/h10-12,14-16,22H,2-7,13H2,1H3. The Balaban J connectivity index is 1.50. The van der Waals surface area contributed by atoms with E-state index in [-0.39, 0.29) is 18.9 Å². The zero-order valence-electron chi connectivity index (χ0n) is 19.3. The number of halogens is 8. The fourth-order valence-electron chi connectivity index (χ4n) is 5.08. The van der Waals surface area contributed by atoms with Gasteiger partial charge in [-0.25, -0.2) is 13.2 Å². The van der Waals surface area contributed by atoms with Crippen LogP contribution in [0.25, 0.3) is 10.8 Å². The molecule has 2 nitrogen and oxygen atoms in total. The van der Waals surface area contributed by atoms with Crippen LogP contribution in [-0.4, -0.2) is 25.0 Å². The lowest BCUT2D eigenvalue weighted by Crippen LogP contribution is -2.45. The van der Waals surface area contributed by atoms with E-state index < -0.39 is 57.9 Å². The highest BCUT2D eigenvalue weighted by Crippen LogP contribution is 2.41. The van der Waals surface area contributed by atoms with Gasteiger partial charge in [-0.3, -0.25) is 0 Å². The van der Waals surface area contributed by atoms with Crippen molar-refractivity contribution in [2.45, 2.75) is 63.8 Å². The van der Waals surface area contributed by atoms with Crippen molar-refractivity contribution in [3.63, 3.8) is 0 Å². The second kappa shape index (κ2) is 10.1. The summed E-state index contributed by atoms with van der Waals surface area (Å²) in [6.45, 7) is 2.35. The predicted molar refractivity (Wildman–Crippen MR) is 116 cm³/mol. The molecule has 0 aromatic heterocycles. The third kappa shape index (κ3) is 5.88. The molecule has 4 rings (SSSR count). The van der Waals surface area contributed by atoms with Gasteiger partial charge in [0.05, 0.1) is 17.6 Å². The number of hydrogen-bond donors (Lipinski definition) is 0. The first-order valence-corrected chi connectivity index (χ1v) is 11.7. The quantitative estimate of drug-likeness (QED) is 0.303.